The Kier molecular flexibility index (Phi) is 6.10. The van der Waals surface area contributed by atoms with Crippen LogP contribution in [0.5, 0.6) is 11.5 Å². The van der Waals surface area contributed by atoms with Crippen LogP contribution in [0.3, 0.4) is 0 Å². The van der Waals surface area contributed by atoms with E-state index in [2.05, 4.69) is 33.7 Å². The van der Waals surface area contributed by atoms with Gasteiger partial charge in [-0.2, -0.15) is 0 Å². The van der Waals surface area contributed by atoms with Crippen LogP contribution in [0, 0.1) is 18.3 Å². The minimum Gasteiger partial charge on any atom is -0.493 e. The number of hydrogen-bond donors (Lipinski definition) is 0. The fraction of sp³-hybridized carbons (Fsp3) is 0.471. The molecule has 5 heteroatoms. The quantitative estimate of drug-likeness (QED) is 0.582. The zero-order valence-corrected chi connectivity index (χ0v) is 15.3. The van der Waals surface area contributed by atoms with Crippen molar-refractivity contribution in [2.75, 3.05) is 26.8 Å². The van der Waals surface area contributed by atoms with Gasteiger partial charge in [-0.1, -0.05) is 25.1 Å². The Balaban J connectivity index is 2.23. The third-order valence-corrected chi connectivity index (χ3v) is 4.93. The Morgan fingerprint density at radius 1 is 1.45 bits per heavy atom. The molecule has 1 aromatic carbocycles. The molecule has 1 fully saturated rings. The molecule has 0 N–H and O–H groups in total. The molecular weight excluding hydrogens is 362 g/mol. The van der Waals surface area contributed by atoms with Gasteiger partial charge in [-0.3, -0.25) is 0 Å². The van der Waals surface area contributed by atoms with E-state index in [1.165, 1.54) is 12.8 Å². The SMILES string of the molecule is C#CCOc1c(Br)cc(C(=S)N2CCC(C)CC2)cc1OC. The van der Waals surface area contributed by atoms with E-state index < -0.39 is 0 Å². The molecule has 0 unspecified atom stereocenters. The molecule has 1 aliphatic rings. The molecule has 0 saturated carbocycles. The summed E-state index contributed by atoms with van der Waals surface area (Å²) in [5, 5.41) is 0. The molecule has 1 aromatic rings. The molecule has 0 spiro atoms. The van der Waals surface area contributed by atoms with Crippen molar-refractivity contribution in [3.63, 3.8) is 0 Å². The van der Waals surface area contributed by atoms with Crippen molar-refractivity contribution in [1.29, 1.82) is 0 Å². The molecule has 0 radical (unpaired) electrons. The van der Waals surface area contributed by atoms with Crippen molar-refractivity contribution >= 4 is 33.1 Å². The Hall–Kier alpha value is -1.25. The first-order valence-corrected chi connectivity index (χ1v) is 8.50. The van der Waals surface area contributed by atoms with Gasteiger partial charge in [0.05, 0.1) is 11.6 Å². The highest BCUT2D eigenvalue weighted by Crippen LogP contribution is 2.37. The summed E-state index contributed by atoms with van der Waals surface area (Å²) in [6.07, 6.45) is 7.61. The predicted molar refractivity (Wildman–Crippen MR) is 96.7 cm³/mol. The van der Waals surface area contributed by atoms with Crippen LogP contribution in [0.15, 0.2) is 16.6 Å². The lowest BCUT2D eigenvalue weighted by molar-refractivity contribution is 0.284. The number of halogens is 1. The van der Waals surface area contributed by atoms with Gasteiger partial charge in [-0.25, -0.2) is 0 Å². The highest BCUT2D eigenvalue weighted by Gasteiger charge is 2.21. The van der Waals surface area contributed by atoms with E-state index in [0.29, 0.717) is 11.5 Å². The van der Waals surface area contributed by atoms with Crippen molar-refractivity contribution in [2.24, 2.45) is 5.92 Å². The highest BCUT2D eigenvalue weighted by atomic mass is 79.9. The number of hydrogen-bond acceptors (Lipinski definition) is 3. The summed E-state index contributed by atoms with van der Waals surface area (Å²) >= 11 is 9.17. The molecule has 118 valence electrons. The largest absolute Gasteiger partial charge is 0.493 e. The van der Waals surface area contributed by atoms with Crippen LogP contribution in [-0.4, -0.2) is 36.7 Å². The average Bonchev–Trinajstić information content (AvgIpc) is 2.53. The molecule has 1 saturated heterocycles. The second kappa shape index (κ2) is 7.85. The van der Waals surface area contributed by atoms with Crippen LogP contribution in [0.2, 0.25) is 0 Å². The van der Waals surface area contributed by atoms with Gasteiger partial charge >= 0.3 is 0 Å². The maximum atomic E-state index is 5.65. The molecule has 0 atom stereocenters. The summed E-state index contributed by atoms with van der Waals surface area (Å²) in [4.78, 5) is 3.12. The molecule has 1 aliphatic heterocycles. The van der Waals surface area contributed by atoms with Crippen LogP contribution in [0.1, 0.15) is 25.3 Å². The third kappa shape index (κ3) is 3.93. The maximum absolute atomic E-state index is 5.65. The lowest BCUT2D eigenvalue weighted by Gasteiger charge is -2.32. The number of benzene rings is 1. The van der Waals surface area contributed by atoms with Gasteiger partial charge in [0, 0.05) is 18.7 Å². The second-order valence-electron chi connectivity index (χ2n) is 5.46. The van der Waals surface area contributed by atoms with Crippen LogP contribution < -0.4 is 9.47 Å². The van der Waals surface area contributed by atoms with Gasteiger partial charge in [0.1, 0.15) is 11.6 Å². The van der Waals surface area contributed by atoms with E-state index in [1.807, 2.05) is 12.1 Å². The topological polar surface area (TPSA) is 21.7 Å². The highest BCUT2D eigenvalue weighted by molar-refractivity contribution is 9.10. The van der Waals surface area contributed by atoms with Crippen LogP contribution in [-0.2, 0) is 0 Å². The molecule has 3 nitrogen and oxygen atoms in total. The Labute approximate surface area is 146 Å². The van der Waals surface area contributed by atoms with Crippen molar-refractivity contribution < 1.29 is 9.47 Å². The van der Waals surface area contributed by atoms with E-state index in [0.717, 1.165) is 34.0 Å². The summed E-state index contributed by atoms with van der Waals surface area (Å²) in [6, 6.07) is 3.88. The van der Waals surface area contributed by atoms with Gasteiger partial charge in [-0.15, -0.1) is 6.42 Å². The number of nitrogens with zero attached hydrogens (tertiary/aromatic N) is 1. The first kappa shape index (κ1) is 17.1. The summed E-state index contributed by atoms with van der Waals surface area (Å²) in [5.41, 5.74) is 0.960. The van der Waals surface area contributed by atoms with Crippen LogP contribution in [0.25, 0.3) is 0 Å². The smallest absolute Gasteiger partial charge is 0.176 e. The van der Waals surface area contributed by atoms with E-state index in [1.54, 1.807) is 7.11 Å². The molecular formula is C17H20BrNO2S. The van der Waals surface area contributed by atoms with Crippen molar-refractivity contribution in [3.05, 3.63) is 22.2 Å². The maximum Gasteiger partial charge on any atom is 0.176 e. The minimum absolute atomic E-state index is 0.197. The van der Waals surface area contributed by atoms with Gasteiger partial charge < -0.3 is 14.4 Å². The van der Waals surface area contributed by atoms with Crippen LogP contribution >= 0.6 is 28.1 Å². The molecule has 0 aliphatic carbocycles. The lowest BCUT2D eigenvalue weighted by Crippen LogP contribution is -2.37. The summed E-state index contributed by atoms with van der Waals surface area (Å²) in [7, 11) is 1.61. The monoisotopic (exact) mass is 381 g/mol. The first-order valence-electron chi connectivity index (χ1n) is 7.30. The number of piperidine rings is 1. The molecule has 2 rings (SSSR count). The molecule has 1 heterocycles. The Bertz CT molecular complexity index is 589. The number of terminal acetylenes is 1. The Morgan fingerprint density at radius 2 is 2.14 bits per heavy atom. The summed E-state index contributed by atoms with van der Waals surface area (Å²) in [5.74, 6) is 4.48. The number of likely N-dealkylation sites (tertiary alicyclic amines) is 1. The van der Waals surface area contributed by atoms with Gasteiger partial charge in [0.25, 0.3) is 0 Å². The Morgan fingerprint density at radius 3 is 2.73 bits per heavy atom. The fourth-order valence-electron chi connectivity index (χ4n) is 2.49. The number of methoxy groups -OCH3 is 1. The summed E-state index contributed by atoms with van der Waals surface area (Å²) < 4.78 is 11.8. The number of ether oxygens (including phenoxy) is 2. The molecule has 0 aromatic heterocycles. The predicted octanol–water partition coefficient (Wildman–Crippen LogP) is 3.88. The van der Waals surface area contributed by atoms with E-state index >= 15 is 0 Å². The fourth-order valence-corrected chi connectivity index (χ4v) is 3.35. The first-order chi connectivity index (χ1) is 10.6. The number of thiocarbonyl (C=S) groups is 1. The average molecular weight is 382 g/mol. The molecule has 22 heavy (non-hydrogen) atoms. The van der Waals surface area contributed by atoms with Crippen molar-refractivity contribution in [2.45, 2.75) is 19.8 Å². The van der Waals surface area contributed by atoms with Gasteiger partial charge in [0.2, 0.25) is 0 Å². The van der Waals surface area contributed by atoms with Crippen molar-refractivity contribution in [3.8, 4) is 23.8 Å². The standard InChI is InChI=1S/C17H20BrNO2S/c1-4-9-21-16-14(18)10-13(11-15(16)20-3)17(22)19-7-5-12(2)6-8-19/h1,10-12H,5-9H2,2-3H3. The number of rotatable bonds is 4. The lowest BCUT2D eigenvalue weighted by atomic mass is 9.99. The zero-order valence-electron chi connectivity index (χ0n) is 12.9. The summed E-state index contributed by atoms with van der Waals surface area (Å²) in [6.45, 7) is 4.50. The zero-order chi connectivity index (χ0) is 16.1. The minimum atomic E-state index is 0.197. The van der Waals surface area contributed by atoms with E-state index in [9.17, 15) is 0 Å². The van der Waals surface area contributed by atoms with Gasteiger partial charge in [-0.05, 0) is 46.8 Å². The second-order valence-corrected chi connectivity index (χ2v) is 6.70. The van der Waals surface area contributed by atoms with Crippen LogP contribution in [0.4, 0.5) is 0 Å². The molecule has 0 bridgehead atoms. The van der Waals surface area contributed by atoms with E-state index in [-0.39, 0.29) is 6.61 Å². The van der Waals surface area contributed by atoms with E-state index in [4.69, 9.17) is 28.1 Å². The van der Waals surface area contributed by atoms with Gasteiger partial charge in [0.15, 0.2) is 11.5 Å². The third-order valence-electron chi connectivity index (χ3n) is 3.85. The molecule has 0 amide bonds. The van der Waals surface area contributed by atoms with Crippen molar-refractivity contribution in [1.82, 2.24) is 4.90 Å². The normalized spacial score (nSPS) is 15.3.